The minimum atomic E-state index is -3.31. The van der Waals surface area contributed by atoms with Crippen LogP contribution in [0.25, 0.3) is 0 Å². The fraction of sp³-hybridized carbons (Fsp3) is 0.562. The monoisotopic (exact) mass is 355 g/mol. The number of nitrogens with one attached hydrogen (secondary N) is 2. The van der Waals surface area contributed by atoms with Crippen molar-refractivity contribution in [1.29, 1.82) is 0 Å². The van der Waals surface area contributed by atoms with Crippen molar-refractivity contribution >= 4 is 27.4 Å². The maximum absolute atomic E-state index is 12.3. The van der Waals surface area contributed by atoms with Crippen molar-refractivity contribution in [3.8, 4) is 5.75 Å². The summed E-state index contributed by atoms with van der Waals surface area (Å²) < 4.78 is 31.2. The van der Waals surface area contributed by atoms with E-state index in [0.717, 1.165) is 12.8 Å². The van der Waals surface area contributed by atoms with Crippen LogP contribution in [0.2, 0.25) is 0 Å². The van der Waals surface area contributed by atoms with Crippen LogP contribution in [0, 0.1) is 0 Å². The van der Waals surface area contributed by atoms with Crippen LogP contribution in [0.4, 0.5) is 16.2 Å². The molecule has 1 aliphatic rings. The van der Waals surface area contributed by atoms with Gasteiger partial charge in [-0.2, -0.15) is 0 Å². The first-order valence-electron chi connectivity index (χ1n) is 8.13. The van der Waals surface area contributed by atoms with E-state index in [1.54, 1.807) is 18.2 Å². The molecule has 2 amide bonds. The van der Waals surface area contributed by atoms with E-state index >= 15 is 0 Å². The van der Waals surface area contributed by atoms with Gasteiger partial charge in [-0.1, -0.05) is 6.92 Å². The van der Waals surface area contributed by atoms with Crippen molar-refractivity contribution in [1.82, 2.24) is 5.32 Å². The van der Waals surface area contributed by atoms with Gasteiger partial charge in [0, 0.05) is 24.3 Å². The van der Waals surface area contributed by atoms with Gasteiger partial charge in [0.1, 0.15) is 5.75 Å². The largest absolute Gasteiger partial charge is 0.494 e. The first-order valence-corrected chi connectivity index (χ1v) is 9.74. The summed E-state index contributed by atoms with van der Waals surface area (Å²) in [5.74, 6) is 0.565. The van der Waals surface area contributed by atoms with Crippen molar-refractivity contribution in [2.45, 2.75) is 39.2 Å². The Kier molecular flexibility index (Phi) is 5.93. The SMILES string of the molecule is CCC(C)NC(=O)Nc1ccc(N2CCCCS2(=O)=O)c(OC)c1. The number of amides is 2. The Morgan fingerprint density at radius 2 is 2.12 bits per heavy atom. The number of hydrogen-bond donors (Lipinski definition) is 2. The molecule has 0 aliphatic carbocycles. The molecular formula is C16H25N3O4S. The highest BCUT2D eigenvalue weighted by Crippen LogP contribution is 2.34. The van der Waals surface area contributed by atoms with Crippen molar-refractivity contribution in [2.75, 3.05) is 29.0 Å². The van der Waals surface area contributed by atoms with E-state index in [4.69, 9.17) is 4.74 Å². The Balaban J connectivity index is 2.20. The molecule has 2 N–H and O–H groups in total. The zero-order valence-electron chi connectivity index (χ0n) is 14.3. The zero-order chi connectivity index (χ0) is 17.7. The quantitative estimate of drug-likeness (QED) is 0.850. The van der Waals surface area contributed by atoms with Gasteiger partial charge in [0.2, 0.25) is 10.0 Å². The number of methoxy groups -OCH3 is 1. The number of carbonyl (C=O) groups is 1. The molecule has 1 aromatic rings. The van der Waals surface area contributed by atoms with Crippen LogP contribution < -0.4 is 19.7 Å². The topological polar surface area (TPSA) is 87.7 Å². The second-order valence-corrected chi connectivity index (χ2v) is 7.90. The van der Waals surface area contributed by atoms with Gasteiger partial charge in [-0.15, -0.1) is 0 Å². The van der Waals surface area contributed by atoms with Crippen molar-refractivity contribution in [2.24, 2.45) is 0 Å². The number of hydrogen-bond acceptors (Lipinski definition) is 4. The second-order valence-electron chi connectivity index (χ2n) is 5.89. The lowest BCUT2D eigenvalue weighted by molar-refractivity contribution is 0.249. The molecule has 8 heteroatoms. The number of sulfonamides is 1. The van der Waals surface area contributed by atoms with Crippen LogP contribution in [0.5, 0.6) is 5.75 Å². The zero-order valence-corrected chi connectivity index (χ0v) is 15.1. The van der Waals surface area contributed by atoms with E-state index in [2.05, 4.69) is 10.6 Å². The number of urea groups is 1. The standard InChI is InChI=1S/C16H25N3O4S/c1-4-12(2)17-16(20)18-13-7-8-14(15(11-13)23-3)19-9-5-6-10-24(19,21)22/h7-8,11-12H,4-6,9-10H2,1-3H3,(H2,17,18,20). The van der Waals surface area contributed by atoms with E-state index in [1.807, 2.05) is 13.8 Å². The molecule has 1 atom stereocenters. The van der Waals surface area contributed by atoms with Crippen LogP contribution in [0.15, 0.2) is 18.2 Å². The van der Waals surface area contributed by atoms with Crippen LogP contribution in [0.3, 0.4) is 0 Å². The van der Waals surface area contributed by atoms with Gasteiger partial charge in [-0.25, -0.2) is 13.2 Å². The van der Waals surface area contributed by atoms with Gasteiger partial charge in [0.25, 0.3) is 0 Å². The molecule has 1 heterocycles. The summed E-state index contributed by atoms with van der Waals surface area (Å²) in [5.41, 5.74) is 1.05. The highest BCUT2D eigenvalue weighted by molar-refractivity contribution is 7.92. The summed E-state index contributed by atoms with van der Waals surface area (Å²) in [4.78, 5) is 11.9. The predicted octanol–water partition coefficient (Wildman–Crippen LogP) is 2.55. The summed E-state index contributed by atoms with van der Waals surface area (Å²) in [6, 6.07) is 4.75. The van der Waals surface area contributed by atoms with Crippen LogP contribution in [-0.4, -0.2) is 39.9 Å². The molecular weight excluding hydrogens is 330 g/mol. The number of nitrogens with zero attached hydrogens (tertiary/aromatic N) is 1. The summed E-state index contributed by atoms with van der Waals surface area (Å²) in [6.07, 6.45) is 2.33. The molecule has 0 saturated carbocycles. The van der Waals surface area contributed by atoms with E-state index < -0.39 is 10.0 Å². The summed E-state index contributed by atoms with van der Waals surface area (Å²) in [7, 11) is -1.83. The third-order valence-electron chi connectivity index (χ3n) is 4.05. The molecule has 0 spiro atoms. The third kappa shape index (κ3) is 4.31. The summed E-state index contributed by atoms with van der Waals surface area (Å²) in [5, 5.41) is 5.54. The average molecular weight is 355 g/mol. The van der Waals surface area contributed by atoms with Gasteiger partial charge >= 0.3 is 6.03 Å². The predicted molar refractivity (Wildman–Crippen MR) is 95.3 cm³/mol. The summed E-state index contributed by atoms with van der Waals surface area (Å²) >= 11 is 0. The lowest BCUT2D eigenvalue weighted by Gasteiger charge is -2.29. The fourth-order valence-corrected chi connectivity index (χ4v) is 4.16. The van der Waals surface area contributed by atoms with Crippen molar-refractivity contribution in [3.05, 3.63) is 18.2 Å². The average Bonchev–Trinajstić information content (AvgIpc) is 2.54. The molecule has 2 rings (SSSR count). The minimum Gasteiger partial charge on any atom is -0.494 e. The second kappa shape index (κ2) is 7.74. The number of carbonyl (C=O) groups excluding carboxylic acids is 1. The molecule has 1 aromatic carbocycles. The molecule has 0 aromatic heterocycles. The highest BCUT2D eigenvalue weighted by Gasteiger charge is 2.28. The fourth-order valence-electron chi connectivity index (χ4n) is 2.51. The van der Waals surface area contributed by atoms with E-state index in [1.165, 1.54) is 11.4 Å². The lowest BCUT2D eigenvalue weighted by atomic mass is 10.2. The van der Waals surface area contributed by atoms with Crippen LogP contribution >= 0.6 is 0 Å². The number of ether oxygens (including phenoxy) is 1. The smallest absolute Gasteiger partial charge is 0.319 e. The Bertz CT molecular complexity index is 691. The molecule has 1 fully saturated rings. The van der Waals surface area contributed by atoms with Gasteiger partial charge < -0.3 is 15.4 Å². The van der Waals surface area contributed by atoms with Gasteiger partial charge in [0.15, 0.2) is 0 Å². The Hall–Kier alpha value is -1.96. The maximum Gasteiger partial charge on any atom is 0.319 e. The van der Waals surface area contributed by atoms with E-state index in [0.29, 0.717) is 30.1 Å². The highest BCUT2D eigenvalue weighted by atomic mass is 32.2. The Labute approximate surface area is 143 Å². The normalized spacial score (nSPS) is 17.9. The van der Waals surface area contributed by atoms with E-state index in [9.17, 15) is 13.2 Å². The Morgan fingerprint density at radius 1 is 1.38 bits per heavy atom. The first kappa shape index (κ1) is 18.4. The molecule has 0 radical (unpaired) electrons. The molecule has 7 nitrogen and oxygen atoms in total. The molecule has 1 aliphatic heterocycles. The lowest BCUT2D eigenvalue weighted by Crippen LogP contribution is -2.38. The van der Waals surface area contributed by atoms with Crippen molar-refractivity contribution < 1.29 is 17.9 Å². The number of rotatable bonds is 5. The van der Waals surface area contributed by atoms with Gasteiger partial charge in [-0.05, 0) is 38.3 Å². The summed E-state index contributed by atoms with van der Waals surface area (Å²) in [6.45, 7) is 4.35. The minimum absolute atomic E-state index is 0.0738. The molecule has 1 unspecified atom stereocenters. The third-order valence-corrected chi connectivity index (χ3v) is 5.90. The van der Waals surface area contributed by atoms with Crippen LogP contribution in [0.1, 0.15) is 33.1 Å². The molecule has 134 valence electrons. The first-order chi connectivity index (χ1) is 11.4. The van der Waals surface area contributed by atoms with E-state index in [-0.39, 0.29) is 17.8 Å². The number of benzene rings is 1. The number of anilines is 2. The van der Waals surface area contributed by atoms with Crippen molar-refractivity contribution in [3.63, 3.8) is 0 Å². The molecule has 1 saturated heterocycles. The molecule has 24 heavy (non-hydrogen) atoms. The van der Waals surface area contributed by atoms with Crippen LogP contribution in [-0.2, 0) is 10.0 Å². The van der Waals surface area contributed by atoms with Gasteiger partial charge in [0.05, 0.1) is 18.6 Å². The Morgan fingerprint density at radius 3 is 2.75 bits per heavy atom. The molecule has 0 bridgehead atoms. The van der Waals surface area contributed by atoms with Gasteiger partial charge in [-0.3, -0.25) is 4.31 Å². The maximum atomic E-state index is 12.3.